The molecule has 0 aliphatic carbocycles. The standard InChI is InChI=1S/C19H30N4O2S2.HI/c1-20-19(21-8-14-27(24,25)23-10-12-26-13-11-23)22-9-7-18(16-22)15-17-5-3-2-4-6-17;/h2-6,18H,7-16H2,1H3,(H,20,21);1H. The molecule has 0 bridgehead atoms. The maximum absolute atomic E-state index is 12.5. The Kier molecular flexibility index (Phi) is 9.85. The average Bonchev–Trinajstić information content (AvgIpc) is 3.15. The van der Waals surface area contributed by atoms with Crippen molar-refractivity contribution < 1.29 is 8.42 Å². The van der Waals surface area contributed by atoms with Crippen LogP contribution in [0.5, 0.6) is 0 Å². The van der Waals surface area contributed by atoms with E-state index in [1.54, 1.807) is 11.4 Å². The lowest BCUT2D eigenvalue weighted by atomic mass is 9.99. The molecule has 2 aliphatic heterocycles. The quantitative estimate of drug-likeness (QED) is 0.342. The molecule has 6 nitrogen and oxygen atoms in total. The molecule has 2 saturated heterocycles. The molecule has 1 aromatic carbocycles. The van der Waals surface area contributed by atoms with Gasteiger partial charge in [0.05, 0.1) is 5.75 Å². The van der Waals surface area contributed by atoms with Crippen LogP contribution in [0.1, 0.15) is 12.0 Å². The van der Waals surface area contributed by atoms with Crippen LogP contribution in [-0.4, -0.2) is 80.6 Å². The number of guanidine groups is 1. The second-order valence-electron chi connectivity index (χ2n) is 7.09. The van der Waals surface area contributed by atoms with Gasteiger partial charge in [-0.2, -0.15) is 11.8 Å². The summed E-state index contributed by atoms with van der Waals surface area (Å²) in [5, 5.41) is 3.26. The lowest BCUT2D eigenvalue weighted by molar-refractivity contribution is 0.441. The van der Waals surface area contributed by atoms with Crippen molar-refractivity contribution >= 4 is 51.7 Å². The van der Waals surface area contributed by atoms with Gasteiger partial charge in [0, 0.05) is 51.3 Å². The summed E-state index contributed by atoms with van der Waals surface area (Å²) >= 11 is 1.82. The van der Waals surface area contributed by atoms with Crippen molar-refractivity contribution in [1.29, 1.82) is 0 Å². The Morgan fingerprint density at radius 2 is 1.93 bits per heavy atom. The Morgan fingerprint density at radius 3 is 2.61 bits per heavy atom. The minimum absolute atomic E-state index is 0. The Balaban J connectivity index is 0.00000280. The summed E-state index contributed by atoms with van der Waals surface area (Å²) in [5.74, 6) is 3.34. The van der Waals surface area contributed by atoms with Crippen molar-refractivity contribution in [1.82, 2.24) is 14.5 Å². The first-order chi connectivity index (χ1) is 13.1. The Morgan fingerprint density at radius 1 is 1.21 bits per heavy atom. The van der Waals surface area contributed by atoms with E-state index in [9.17, 15) is 8.42 Å². The number of nitrogens with one attached hydrogen (secondary N) is 1. The van der Waals surface area contributed by atoms with Crippen LogP contribution in [0.25, 0.3) is 0 Å². The number of aliphatic imine (C=N–C) groups is 1. The fourth-order valence-electron chi connectivity index (χ4n) is 3.72. The summed E-state index contributed by atoms with van der Waals surface area (Å²) in [6.07, 6.45) is 2.22. The zero-order valence-electron chi connectivity index (χ0n) is 16.4. The summed E-state index contributed by atoms with van der Waals surface area (Å²) in [7, 11) is -1.41. The molecule has 9 heteroatoms. The van der Waals surface area contributed by atoms with Crippen LogP contribution >= 0.6 is 35.7 Å². The molecule has 28 heavy (non-hydrogen) atoms. The SMILES string of the molecule is CN=C(NCCS(=O)(=O)N1CCSCC1)N1CCC(Cc2ccccc2)C1.I. The van der Waals surface area contributed by atoms with Crippen molar-refractivity contribution in [3.63, 3.8) is 0 Å². The van der Waals surface area contributed by atoms with Crippen molar-refractivity contribution in [2.24, 2.45) is 10.9 Å². The van der Waals surface area contributed by atoms with E-state index < -0.39 is 10.0 Å². The van der Waals surface area contributed by atoms with Crippen LogP contribution in [0.15, 0.2) is 35.3 Å². The van der Waals surface area contributed by atoms with E-state index in [2.05, 4.69) is 39.5 Å². The molecule has 0 amide bonds. The fourth-order valence-corrected chi connectivity index (χ4v) is 6.21. The summed E-state index contributed by atoms with van der Waals surface area (Å²) in [6.45, 7) is 3.60. The number of thioether (sulfide) groups is 1. The third-order valence-corrected chi connectivity index (χ3v) is 7.99. The zero-order valence-corrected chi connectivity index (χ0v) is 20.4. The van der Waals surface area contributed by atoms with E-state index in [-0.39, 0.29) is 29.7 Å². The van der Waals surface area contributed by atoms with E-state index in [1.807, 2.05) is 17.8 Å². The minimum atomic E-state index is -3.18. The summed E-state index contributed by atoms with van der Waals surface area (Å²) < 4.78 is 26.5. The van der Waals surface area contributed by atoms with Gasteiger partial charge in [-0.15, -0.1) is 24.0 Å². The molecule has 3 rings (SSSR count). The van der Waals surface area contributed by atoms with Crippen LogP contribution in [0.2, 0.25) is 0 Å². The van der Waals surface area contributed by atoms with Crippen LogP contribution in [0.3, 0.4) is 0 Å². The van der Waals surface area contributed by atoms with Gasteiger partial charge in [0.25, 0.3) is 0 Å². The van der Waals surface area contributed by atoms with Gasteiger partial charge in [0.15, 0.2) is 5.96 Å². The number of nitrogens with zero attached hydrogens (tertiary/aromatic N) is 3. The molecule has 2 heterocycles. The lowest BCUT2D eigenvalue weighted by Crippen LogP contribution is -2.45. The Bertz CT molecular complexity index is 725. The van der Waals surface area contributed by atoms with Crippen LogP contribution in [-0.2, 0) is 16.4 Å². The van der Waals surface area contributed by atoms with Gasteiger partial charge in [-0.1, -0.05) is 30.3 Å². The molecule has 0 aromatic heterocycles. The van der Waals surface area contributed by atoms with Crippen molar-refractivity contribution in [2.45, 2.75) is 12.8 Å². The number of likely N-dealkylation sites (tertiary alicyclic amines) is 1. The molecule has 1 unspecified atom stereocenters. The highest BCUT2D eigenvalue weighted by Gasteiger charge is 2.26. The van der Waals surface area contributed by atoms with E-state index in [4.69, 9.17) is 0 Å². The summed E-state index contributed by atoms with van der Waals surface area (Å²) in [4.78, 5) is 6.61. The van der Waals surface area contributed by atoms with Crippen molar-refractivity contribution in [2.75, 3.05) is 57.0 Å². The third kappa shape index (κ3) is 6.77. The van der Waals surface area contributed by atoms with Crippen LogP contribution in [0, 0.1) is 5.92 Å². The molecule has 1 N–H and O–H groups in total. The number of sulfonamides is 1. The number of halogens is 1. The van der Waals surface area contributed by atoms with Gasteiger partial charge >= 0.3 is 0 Å². The molecule has 2 fully saturated rings. The zero-order chi connectivity index (χ0) is 19.1. The van der Waals surface area contributed by atoms with Crippen molar-refractivity contribution in [3.8, 4) is 0 Å². The second-order valence-corrected chi connectivity index (χ2v) is 10.4. The molecular formula is C19H31IN4O2S2. The van der Waals surface area contributed by atoms with E-state index in [0.717, 1.165) is 43.4 Å². The van der Waals surface area contributed by atoms with Crippen LogP contribution < -0.4 is 5.32 Å². The van der Waals surface area contributed by atoms with Gasteiger partial charge in [0.1, 0.15) is 0 Å². The van der Waals surface area contributed by atoms with Crippen LogP contribution in [0.4, 0.5) is 0 Å². The third-order valence-electron chi connectivity index (χ3n) is 5.17. The monoisotopic (exact) mass is 538 g/mol. The summed E-state index contributed by atoms with van der Waals surface area (Å²) in [5.41, 5.74) is 1.37. The average molecular weight is 539 g/mol. The Labute approximate surface area is 190 Å². The maximum Gasteiger partial charge on any atom is 0.215 e. The van der Waals surface area contributed by atoms with Gasteiger partial charge in [-0.25, -0.2) is 12.7 Å². The van der Waals surface area contributed by atoms with Gasteiger partial charge in [0.2, 0.25) is 10.0 Å². The molecule has 1 aromatic rings. The van der Waals surface area contributed by atoms with Gasteiger partial charge in [-0.3, -0.25) is 4.99 Å². The van der Waals surface area contributed by atoms with Gasteiger partial charge in [-0.05, 0) is 24.3 Å². The predicted octanol–water partition coefficient (Wildman–Crippen LogP) is 2.12. The fraction of sp³-hybridized carbons (Fsp3) is 0.632. The first-order valence-corrected chi connectivity index (χ1v) is 12.4. The highest BCUT2D eigenvalue weighted by Crippen LogP contribution is 2.21. The van der Waals surface area contributed by atoms with Gasteiger partial charge < -0.3 is 10.2 Å². The first kappa shape index (κ1) is 23.8. The normalized spacial score (nSPS) is 21.4. The summed E-state index contributed by atoms with van der Waals surface area (Å²) in [6, 6.07) is 10.6. The highest BCUT2D eigenvalue weighted by atomic mass is 127. The first-order valence-electron chi connectivity index (χ1n) is 9.63. The van der Waals surface area contributed by atoms with E-state index in [0.29, 0.717) is 25.6 Å². The maximum atomic E-state index is 12.5. The van der Waals surface area contributed by atoms with E-state index in [1.165, 1.54) is 5.56 Å². The molecule has 158 valence electrons. The van der Waals surface area contributed by atoms with E-state index >= 15 is 0 Å². The largest absolute Gasteiger partial charge is 0.355 e. The molecule has 1 atom stereocenters. The number of rotatable bonds is 6. The predicted molar refractivity (Wildman–Crippen MR) is 129 cm³/mol. The lowest BCUT2D eigenvalue weighted by Gasteiger charge is -2.26. The smallest absolute Gasteiger partial charge is 0.215 e. The molecule has 0 radical (unpaired) electrons. The highest BCUT2D eigenvalue weighted by molar-refractivity contribution is 14.0. The van der Waals surface area contributed by atoms with Crippen molar-refractivity contribution in [3.05, 3.63) is 35.9 Å². The number of hydrogen-bond donors (Lipinski definition) is 1. The molecule has 0 spiro atoms. The number of benzene rings is 1. The second kappa shape index (κ2) is 11.6. The molecule has 2 aliphatic rings. The molecular weight excluding hydrogens is 507 g/mol. The topological polar surface area (TPSA) is 65.0 Å². The number of hydrogen-bond acceptors (Lipinski definition) is 4. The minimum Gasteiger partial charge on any atom is -0.355 e. The molecule has 0 saturated carbocycles. The Hall–Kier alpha value is -0.520.